The van der Waals surface area contributed by atoms with Crippen LogP contribution < -0.4 is 0 Å². The second-order valence-corrected chi connectivity index (χ2v) is 4.66. The van der Waals surface area contributed by atoms with Gasteiger partial charge in [-0.05, 0) is 31.0 Å². The van der Waals surface area contributed by atoms with Gasteiger partial charge in [0, 0.05) is 5.92 Å². The molecule has 1 atom stereocenters. The molecular weight excluding hydrogens is 237 g/mol. The first-order chi connectivity index (χ1) is 8.36. The average Bonchev–Trinajstić information content (AvgIpc) is 2.28. The zero-order valence-electron chi connectivity index (χ0n) is 10.8. The highest BCUT2D eigenvalue weighted by Gasteiger charge is 2.30. The lowest BCUT2D eigenvalue weighted by Gasteiger charge is -2.18. The Kier molecular flexibility index (Phi) is 5.00. The van der Waals surface area contributed by atoms with E-state index in [-0.39, 0.29) is 5.92 Å². The van der Waals surface area contributed by atoms with Gasteiger partial charge in [0.2, 0.25) is 0 Å². The monoisotopic (exact) mass is 256 g/mol. The highest BCUT2D eigenvalue weighted by molar-refractivity contribution is 5.31. The van der Waals surface area contributed by atoms with Crippen LogP contribution in [0.15, 0.2) is 36.4 Å². The number of halogens is 3. The summed E-state index contributed by atoms with van der Waals surface area (Å²) in [4.78, 5) is 0. The Bertz CT molecular complexity index is 387. The third-order valence-electron chi connectivity index (χ3n) is 3.08. The van der Waals surface area contributed by atoms with Gasteiger partial charge < -0.3 is 0 Å². The number of hydrogen-bond donors (Lipinski definition) is 0. The van der Waals surface area contributed by atoms with E-state index in [1.165, 1.54) is 0 Å². The van der Waals surface area contributed by atoms with E-state index >= 15 is 0 Å². The maximum absolute atomic E-state index is 12.5. The summed E-state index contributed by atoms with van der Waals surface area (Å²) in [7, 11) is 0. The SMILES string of the molecule is C=C(C)C(CCCC)c1ccc(C(F)(F)F)cc1. The quantitative estimate of drug-likeness (QED) is 0.605. The van der Waals surface area contributed by atoms with Crippen LogP contribution in [-0.4, -0.2) is 0 Å². The first kappa shape index (κ1) is 14.8. The summed E-state index contributed by atoms with van der Waals surface area (Å²) in [6, 6.07) is 5.43. The maximum Gasteiger partial charge on any atom is 0.416 e. The number of unbranched alkanes of at least 4 members (excludes halogenated alkanes) is 1. The van der Waals surface area contributed by atoms with Crippen LogP contribution in [0.3, 0.4) is 0 Å². The summed E-state index contributed by atoms with van der Waals surface area (Å²) in [5, 5.41) is 0. The zero-order chi connectivity index (χ0) is 13.8. The molecule has 0 spiro atoms. The molecule has 0 fully saturated rings. The van der Waals surface area contributed by atoms with Gasteiger partial charge in [-0.25, -0.2) is 0 Å². The molecule has 0 saturated heterocycles. The lowest BCUT2D eigenvalue weighted by Crippen LogP contribution is -2.06. The van der Waals surface area contributed by atoms with Crippen LogP contribution in [0.5, 0.6) is 0 Å². The second kappa shape index (κ2) is 6.07. The Morgan fingerprint density at radius 1 is 1.22 bits per heavy atom. The predicted molar refractivity (Wildman–Crippen MR) is 68.5 cm³/mol. The molecule has 0 radical (unpaired) electrons. The zero-order valence-corrected chi connectivity index (χ0v) is 10.8. The molecule has 1 aromatic rings. The number of benzene rings is 1. The van der Waals surface area contributed by atoms with Crippen molar-refractivity contribution in [2.75, 3.05) is 0 Å². The fraction of sp³-hybridized carbons (Fsp3) is 0.467. The molecule has 0 heterocycles. The minimum absolute atomic E-state index is 0.159. The van der Waals surface area contributed by atoms with Gasteiger partial charge in [-0.1, -0.05) is 44.1 Å². The van der Waals surface area contributed by atoms with Gasteiger partial charge in [0.15, 0.2) is 0 Å². The van der Waals surface area contributed by atoms with Crippen LogP contribution in [0.1, 0.15) is 50.2 Å². The lowest BCUT2D eigenvalue weighted by molar-refractivity contribution is -0.137. The maximum atomic E-state index is 12.5. The van der Waals surface area contributed by atoms with Gasteiger partial charge in [0.25, 0.3) is 0 Å². The molecule has 0 aliphatic heterocycles. The van der Waals surface area contributed by atoms with E-state index in [9.17, 15) is 13.2 Å². The van der Waals surface area contributed by atoms with Crippen molar-refractivity contribution in [2.45, 2.75) is 45.2 Å². The largest absolute Gasteiger partial charge is 0.416 e. The fourth-order valence-electron chi connectivity index (χ4n) is 2.01. The van der Waals surface area contributed by atoms with E-state index in [1.54, 1.807) is 12.1 Å². The molecule has 0 aliphatic rings. The molecule has 0 N–H and O–H groups in total. The third-order valence-corrected chi connectivity index (χ3v) is 3.08. The molecule has 0 saturated carbocycles. The molecular formula is C15H19F3. The molecule has 0 aromatic heterocycles. The van der Waals surface area contributed by atoms with Crippen molar-refractivity contribution >= 4 is 0 Å². The summed E-state index contributed by atoms with van der Waals surface area (Å²) < 4.78 is 37.4. The number of alkyl halides is 3. The van der Waals surface area contributed by atoms with Crippen LogP contribution in [0.4, 0.5) is 13.2 Å². The van der Waals surface area contributed by atoms with Crippen LogP contribution in [0.25, 0.3) is 0 Å². The summed E-state index contributed by atoms with van der Waals surface area (Å²) >= 11 is 0. The van der Waals surface area contributed by atoms with Crippen molar-refractivity contribution in [3.8, 4) is 0 Å². The molecule has 18 heavy (non-hydrogen) atoms. The Balaban J connectivity index is 2.90. The van der Waals surface area contributed by atoms with Gasteiger partial charge in [0.05, 0.1) is 5.56 Å². The van der Waals surface area contributed by atoms with Gasteiger partial charge in [-0.15, -0.1) is 0 Å². The molecule has 1 rings (SSSR count). The minimum atomic E-state index is -4.26. The van der Waals surface area contributed by atoms with Crippen LogP contribution in [0, 0.1) is 0 Å². The Hall–Kier alpha value is -1.25. The Morgan fingerprint density at radius 2 is 1.78 bits per heavy atom. The summed E-state index contributed by atoms with van der Waals surface area (Å²) in [5.41, 5.74) is 1.33. The van der Waals surface area contributed by atoms with E-state index in [0.29, 0.717) is 0 Å². The highest BCUT2D eigenvalue weighted by Crippen LogP contribution is 2.33. The van der Waals surface area contributed by atoms with Crippen LogP contribution in [0.2, 0.25) is 0 Å². The van der Waals surface area contributed by atoms with E-state index in [4.69, 9.17) is 0 Å². The van der Waals surface area contributed by atoms with Crippen molar-refractivity contribution in [3.05, 3.63) is 47.5 Å². The standard InChI is InChI=1S/C15H19F3/c1-4-5-6-14(11(2)3)12-7-9-13(10-8-12)15(16,17)18/h7-10,14H,2,4-6H2,1,3H3. The van der Waals surface area contributed by atoms with Gasteiger partial charge >= 0.3 is 6.18 Å². The molecule has 0 amide bonds. The van der Waals surface area contributed by atoms with E-state index < -0.39 is 11.7 Å². The molecule has 1 aromatic carbocycles. The smallest absolute Gasteiger partial charge is 0.166 e. The van der Waals surface area contributed by atoms with E-state index in [2.05, 4.69) is 13.5 Å². The normalized spacial score (nSPS) is 13.4. The van der Waals surface area contributed by atoms with Crippen molar-refractivity contribution < 1.29 is 13.2 Å². The van der Waals surface area contributed by atoms with Gasteiger partial charge in [-0.2, -0.15) is 13.2 Å². The Labute approximate surface area is 107 Å². The molecule has 100 valence electrons. The topological polar surface area (TPSA) is 0 Å². The van der Waals surface area contributed by atoms with Crippen molar-refractivity contribution in [3.63, 3.8) is 0 Å². The first-order valence-electron chi connectivity index (χ1n) is 6.18. The minimum Gasteiger partial charge on any atom is -0.166 e. The number of rotatable bonds is 5. The van der Waals surface area contributed by atoms with Crippen molar-refractivity contribution in [1.82, 2.24) is 0 Å². The molecule has 0 aliphatic carbocycles. The van der Waals surface area contributed by atoms with Crippen molar-refractivity contribution in [1.29, 1.82) is 0 Å². The first-order valence-corrected chi connectivity index (χ1v) is 6.18. The highest BCUT2D eigenvalue weighted by atomic mass is 19.4. The van der Waals surface area contributed by atoms with E-state index in [1.807, 2.05) is 6.92 Å². The average molecular weight is 256 g/mol. The molecule has 0 nitrogen and oxygen atoms in total. The summed E-state index contributed by atoms with van der Waals surface area (Å²) in [6.07, 6.45) is -1.19. The fourth-order valence-corrected chi connectivity index (χ4v) is 2.01. The molecule has 3 heteroatoms. The van der Waals surface area contributed by atoms with Crippen molar-refractivity contribution in [2.24, 2.45) is 0 Å². The van der Waals surface area contributed by atoms with E-state index in [0.717, 1.165) is 42.5 Å². The molecule has 1 unspecified atom stereocenters. The summed E-state index contributed by atoms with van der Waals surface area (Å²) in [5.74, 6) is 0.159. The second-order valence-electron chi connectivity index (χ2n) is 4.66. The third kappa shape index (κ3) is 3.90. The van der Waals surface area contributed by atoms with Crippen LogP contribution in [-0.2, 0) is 6.18 Å². The lowest BCUT2D eigenvalue weighted by atomic mass is 9.88. The Morgan fingerprint density at radius 3 is 2.17 bits per heavy atom. The van der Waals surface area contributed by atoms with Crippen LogP contribution >= 0.6 is 0 Å². The molecule has 0 bridgehead atoms. The number of hydrogen-bond acceptors (Lipinski definition) is 0. The summed E-state index contributed by atoms with van der Waals surface area (Å²) in [6.45, 7) is 7.96. The van der Waals surface area contributed by atoms with Gasteiger partial charge in [0.1, 0.15) is 0 Å². The van der Waals surface area contributed by atoms with Gasteiger partial charge in [-0.3, -0.25) is 0 Å². The predicted octanol–water partition coefficient (Wildman–Crippen LogP) is 5.56. The number of allylic oxidation sites excluding steroid dienone is 1.